The van der Waals surface area contributed by atoms with E-state index in [1.165, 1.54) is 0 Å². The van der Waals surface area contributed by atoms with E-state index >= 15 is 0 Å². The summed E-state index contributed by atoms with van der Waals surface area (Å²) in [7, 11) is 1.63. The summed E-state index contributed by atoms with van der Waals surface area (Å²) in [6.07, 6.45) is 2.01. The van der Waals surface area contributed by atoms with E-state index in [0.717, 1.165) is 20.9 Å². The average Bonchev–Trinajstić information content (AvgIpc) is 2.95. The van der Waals surface area contributed by atoms with Crippen LogP contribution in [0.15, 0.2) is 46.5 Å². The van der Waals surface area contributed by atoms with Crippen molar-refractivity contribution in [2.75, 3.05) is 17.3 Å². The number of para-hydroxylation sites is 1. The van der Waals surface area contributed by atoms with Crippen LogP contribution in [0, 0.1) is 6.92 Å². The zero-order valence-electron chi connectivity index (χ0n) is 12.6. The smallest absolute Gasteiger partial charge is 0.172 e. The number of ether oxygens (including phenoxy) is 1. The fourth-order valence-corrected chi connectivity index (χ4v) is 3.84. The van der Waals surface area contributed by atoms with Crippen molar-refractivity contribution in [1.82, 2.24) is 4.98 Å². The number of halogens is 2. The first-order valence-electron chi connectivity index (χ1n) is 6.93. The molecule has 2 heterocycles. The summed E-state index contributed by atoms with van der Waals surface area (Å²) in [6, 6.07) is 9.62. The van der Waals surface area contributed by atoms with Gasteiger partial charge in [0.25, 0.3) is 0 Å². The molecule has 23 heavy (non-hydrogen) atoms. The van der Waals surface area contributed by atoms with Gasteiger partial charge < -0.3 is 15.0 Å². The zero-order valence-corrected chi connectivity index (χ0v) is 15.7. The fraction of sp³-hybridized carbons (Fsp3) is 0.188. The van der Waals surface area contributed by atoms with Crippen LogP contribution in [0.4, 0.5) is 11.5 Å². The second kappa shape index (κ2) is 7.03. The van der Waals surface area contributed by atoms with Crippen LogP contribution in [0.5, 0.6) is 5.75 Å². The van der Waals surface area contributed by atoms with Gasteiger partial charge in [-0.2, -0.15) is 0 Å². The molecule has 0 saturated carbocycles. The van der Waals surface area contributed by atoms with Gasteiger partial charge in [0.15, 0.2) is 17.1 Å². The molecule has 0 amide bonds. The third-order valence-electron chi connectivity index (χ3n) is 3.43. The minimum Gasteiger partial charge on any atom is -0.493 e. The van der Waals surface area contributed by atoms with E-state index in [9.17, 15) is 0 Å². The third kappa shape index (κ3) is 3.44. The largest absolute Gasteiger partial charge is 0.493 e. The number of rotatable bonds is 4. The van der Waals surface area contributed by atoms with Crippen molar-refractivity contribution >= 4 is 50.8 Å². The first-order valence-corrected chi connectivity index (χ1v) is 9.04. The topological polar surface area (TPSA) is 37.4 Å². The van der Waals surface area contributed by atoms with E-state index in [-0.39, 0.29) is 5.50 Å². The van der Waals surface area contributed by atoms with E-state index < -0.39 is 0 Å². The lowest BCUT2D eigenvalue weighted by Gasteiger charge is -2.28. The fourth-order valence-electron chi connectivity index (χ4n) is 2.37. The number of aromatic nitrogens is 1. The molecule has 1 N–H and O–H groups in total. The molecular formula is C16H15BrClN3OS. The molecule has 0 fully saturated rings. The number of benzene rings is 1. The van der Waals surface area contributed by atoms with Crippen LogP contribution in [0.1, 0.15) is 5.56 Å². The number of hydrogen-bond donors (Lipinski definition) is 1. The molecule has 0 radical (unpaired) electrons. The molecule has 0 aliphatic carbocycles. The Kier molecular flexibility index (Phi) is 5.04. The van der Waals surface area contributed by atoms with E-state index in [2.05, 4.69) is 31.1 Å². The van der Waals surface area contributed by atoms with Gasteiger partial charge in [0.1, 0.15) is 4.60 Å². The van der Waals surface area contributed by atoms with E-state index in [1.54, 1.807) is 18.9 Å². The summed E-state index contributed by atoms with van der Waals surface area (Å²) in [4.78, 5) is 6.56. The molecule has 2 aromatic rings. The molecule has 1 aliphatic rings. The number of nitrogens with zero attached hydrogens (tertiary/aromatic N) is 2. The highest BCUT2D eigenvalue weighted by atomic mass is 79.9. The van der Waals surface area contributed by atoms with Crippen molar-refractivity contribution in [2.45, 2.75) is 12.4 Å². The van der Waals surface area contributed by atoms with E-state index in [0.29, 0.717) is 11.6 Å². The van der Waals surface area contributed by atoms with Crippen molar-refractivity contribution < 1.29 is 4.74 Å². The van der Waals surface area contributed by atoms with E-state index in [4.69, 9.17) is 16.3 Å². The van der Waals surface area contributed by atoms with Crippen LogP contribution in [-0.4, -0.2) is 17.6 Å². The molecule has 1 aromatic heterocycles. The first kappa shape index (κ1) is 16.5. The van der Waals surface area contributed by atoms with Crippen LogP contribution in [0.2, 0.25) is 5.02 Å². The number of aryl methyl sites for hydroxylation is 1. The number of hydrogen-bond acceptors (Lipinski definition) is 5. The van der Waals surface area contributed by atoms with Gasteiger partial charge in [0.05, 0.1) is 17.8 Å². The van der Waals surface area contributed by atoms with Crippen molar-refractivity contribution in [3.63, 3.8) is 0 Å². The van der Waals surface area contributed by atoms with Crippen LogP contribution in [0.3, 0.4) is 0 Å². The zero-order chi connectivity index (χ0) is 16.4. The Morgan fingerprint density at radius 3 is 2.91 bits per heavy atom. The summed E-state index contributed by atoms with van der Waals surface area (Å²) in [5.41, 5.74) is 2.05. The Labute approximate surface area is 153 Å². The predicted octanol–water partition coefficient (Wildman–Crippen LogP) is 5.23. The molecule has 120 valence electrons. The number of thioether (sulfide) groups is 1. The van der Waals surface area contributed by atoms with Gasteiger partial charge in [-0.3, -0.25) is 0 Å². The molecule has 0 bridgehead atoms. The summed E-state index contributed by atoms with van der Waals surface area (Å²) in [5, 5.41) is 6.16. The highest BCUT2D eigenvalue weighted by Crippen LogP contribution is 2.38. The highest BCUT2D eigenvalue weighted by molar-refractivity contribution is 9.10. The number of nitrogens with one attached hydrogen (secondary N) is 1. The van der Waals surface area contributed by atoms with Crippen molar-refractivity contribution in [1.29, 1.82) is 0 Å². The van der Waals surface area contributed by atoms with E-state index in [1.807, 2.05) is 48.9 Å². The van der Waals surface area contributed by atoms with Gasteiger partial charge in [-0.15, -0.1) is 0 Å². The summed E-state index contributed by atoms with van der Waals surface area (Å²) in [5.74, 6) is 1.37. The molecular weight excluding hydrogens is 398 g/mol. The molecule has 1 unspecified atom stereocenters. The monoisotopic (exact) mass is 411 g/mol. The quantitative estimate of drug-likeness (QED) is 0.696. The van der Waals surface area contributed by atoms with Crippen LogP contribution in [-0.2, 0) is 0 Å². The maximum Gasteiger partial charge on any atom is 0.172 e. The standard InChI is InChI=1S/C16H15BrClN3OS/c1-10-4-3-5-11(18)14(10)21-8-9-23-16(21)20-15-12(22-2)6-7-13(17)19-15/h3-9,16H,1-2H3,(H,19,20). The number of methoxy groups -OCH3 is 1. The van der Waals surface area contributed by atoms with Gasteiger partial charge in [0.2, 0.25) is 0 Å². The van der Waals surface area contributed by atoms with Gasteiger partial charge >= 0.3 is 0 Å². The van der Waals surface area contributed by atoms with Crippen LogP contribution >= 0.6 is 39.3 Å². The van der Waals surface area contributed by atoms with Crippen molar-refractivity contribution in [2.24, 2.45) is 0 Å². The maximum absolute atomic E-state index is 6.40. The average molecular weight is 413 g/mol. The van der Waals surface area contributed by atoms with Crippen LogP contribution in [0.25, 0.3) is 0 Å². The Hall–Kier alpha value is -1.37. The lowest BCUT2D eigenvalue weighted by atomic mass is 10.2. The summed E-state index contributed by atoms with van der Waals surface area (Å²) >= 11 is 11.4. The Balaban J connectivity index is 1.91. The lowest BCUT2D eigenvalue weighted by Crippen LogP contribution is -2.32. The summed E-state index contributed by atoms with van der Waals surface area (Å²) < 4.78 is 6.13. The van der Waals surface area contributed by atoms with Gasteiger partial charge in [0, 0.05) is 6.20 Å². The lowest BCUT2D eigenvalue weighted by molar-refractivity contribution is 0.414. The molecule has 7 heteroatoms. The van der Waals surface area contributed by atoms with Gasteiger partial charge in [-0.25, -0.2) is 4.98 Å². The molecule has 1 aliphatic heterocycles. The van der Waals surface area contributed by atoms with Crippen molar-refractivity contribution in [3.8, 4) is 5.75 Å². The van der Waals surface area contributed by atoms with Gasteiger partial charge in [-0.05, 0) is 52.0 Å². The van der Waals surface area contributed by atoms with Crippen molar-refractivity contribution in [3.05, 3.63) is 57.1 Å². The molecule has 4 nitrogen and oxygen atoms in total. The Morgan fingerprint density at radius 1 is 1.35 bits per heavy atom. The predicted molar refractivity (Wildman–Crippen MR) is 101 cm³/mol. The minimum absolute atomic E-state index is 0.0516. The Morgan fingerprint density at radius 2 is 2.17 bits per heavy atom. The summed E-state index contributed by atoms with van der Waals surface area (Å²) in [6.45, 7) is 2.05. The normalized spacial score (nSPS) is 16.7. The molecule has 1 aromatic carbocycles. The highest BCUT2D eigenvalue weighted by Gasteiger charge is 2.25. The number of anilines is 2. The molecule has 0 saturated heterocycles. The molecule has 3 rings (SSSR count). The second-order valence-electron chi connectivity index (χ2n) is 4.92. The first-order chi connectivity index (χ1) is 11.1. The van der Waals surface area contributed by atoms with Gasteiger partial charge in [-0.1, -0.05) is 35.5 Å². The third-order valence-corrected chi connectivity index (χ3v) is 5.06. The SMILES string of the molecule is COc1ccc(Br)nc1NC1SC=CN1c1c(C)cccc1Cl. The molecule has 0 spiro atoms. The second-order valence-corrected chi connectivity index (χ2v) is 7.13. The van der Waals surface area contributed by atoms with Crippen LogP contribution < -0.4 is 15.0 Å². The Bertz CT molecular complexity index is 736. The number of pyridine rings is 1. The molecule has 1 atom stereocenters. The maximum atomic E-state index is 6.40. The minimum atomic E-state index is -0.0516.